The fourth-order valence-corrected chi connectivity index (χ4v) is 2.85. The predicted molar refractivity (Wildman–Crippen MR) is 89.4 cm³/mol. The summed E-state index contributed by atoms with van der Waals surface area (Å²) >= 11 is 0. The summed E-state index contributed by atoms with van der Waals surface area (Å²) < 4.78 is 0. The van der Waals surface area contributed by atoms with Crippen LogP contribution in [0.3, 0.4) is 0 Å². The summed E-state index contributed by atoms with van der Waals surface area (Å²) in [6, 6.07) is 30.8. The summed E-state index contributed by atoms with van der Waals surface area (Å²) in [5.41, 5.74) is 5.48. The van der Waals surface area contributed by atoms with Gasteiger partial charge in [0.25, 0.3) is 0 Å². The zero-order valence-corrected chi connectivity index (χ0v) is 12.6. The second-order valence-corrected chi connectivity index (χ2v) is 5.09. The van der Waals surface area contributed by atoms with Gasteiger partial charge in [-0.05, 0) is 16.7 Å². The Morgan fingerprint density at radius 1 is 0.591 bits per heavy atom. The molecule has 0 saturated heterocycles. The molecule has 0 spiro atoms. The first kappa shape index (κ1) is 14.5. The Morgan fingerprint density at radius 3 is 1.18 bits per heavy atom. The van der Waals surface area contributed by atoms with Gasteiger partial charge in [0.1, 0.15) is 0 Å². The largest absolute Gasteiger partial charge is 0.281 e. The van der Waals surface area contributed by atoms with Gasteiger partial charge < -0.3 is 0 Å². The molecule has 3 rings (SSSR count). The lowest BCUT2D eigenvalue weighted by Gasteiger charge is -2.34. The van der Waals surface area contributed by atoms with E-state index < -0.39 is 5.60 Å². The average molecular weight is 289 g/mol. The molecule has 0 aromatic heterocycles. The number of rotatable bonds is 5. The fraction of sp³-hybridized carbons (Fsp3) is 0.100. The molecular formula is C20H19NO. The molecule has 3 aromatic rings. The maximum Gasteiger partial charge on any atom is 0.165 e. The van der Waals surface area contributed by atoms with Crippen molar-refractivity contribution in [1.29, 1.82) is 0 Å². The number of hydroxylamine groups is 1. The molecule has 0 fully saturated rings. The van der Waals surface area contributed by atoms with Gasteiger partial charge in [-0.3, -0.25) is 4.84 Å². The first-order chi connectivity index (χ1) is 10.9. The van der Waals surface area contributed by atoms with Crippen LogP contribution in [0.15, 0.2) is 91.0 Å². The molecule has 0 aliphatic rings. The van der Waals surface area contributed by atoms with Gasteiger partial charge in [0.2, 0.25) is 0 Å². The van der Waals surface area contributed by atoms with E-state index in [4.69, 9.17) is 4.84 Å². The monoisotopic (exact) mass is 289 g/mol. The van der Waals surface area contributed by atoms with E-state index >= 15 is 0 Å². The standard InChI is InChI=1S/C20H19NO/c1-21-22-20(17-11-5-2-6-12-17,18-13-7-3-8-14-18)19-15-9-4-10-16-19/h2-16,21H,1H3. The lowest BCUT2D eigenvalue weighted by molar-refractivity contribution is -0.0488. The third-order valence-corrected chi connectivity index (χ3v) is 3.80. The number of hydrogen-bond donors (Lipinski definition) is 1. The van der Waals surface area contributed by atoms with Gasteiger partial charge in [-0.2, -0.15) is 0 Å². The van der Waals surface area contributed by atoms with Gasteiger partial charge in [-0.1, -0.05) is 91.0 Å². The van der Waals surface area contributed by atoms with Crippen LogP contribution < -0.4 is 5.48 Å². The van der Waals surface area contributed by atoms with Crippen molar-refractivity contribution in [2.45, 2.75) is 5.60 Å². The molecule has 0 unspecified atom stereocenters. The van der Waals surface area contributed by atoms with Gasteiger partial charge in [0.05, 0.1) is 0 Å². The van der Waals surface area contributed by atoms with Crippen LogP contribution in [-0.2, 0) is 10.4 Å². The van der Waals surface area contributed by atoms with E-state index in [2.05, 4.69) is 41.9 Å². The maximum absolute atomic E-state index is 6.14. The molecule has 0 radical (unpaired) electrons. The van der Waals surface area contributed by atoms with Crippen LogP contribution in [0.4, 0.5) is 0 Å². The third kappa shape index (κ3) is 2.54. The highest BCUT2D eigenvalue weighted by molar-refractivity contribution is 5.47. The Bertz CT molecular complexity index is 599. The Hall–Kier alpha value is -2.42. The lowest BCUT2D eigenvalue weighted by Crippen LogP contribution is -2.36. The van der Waals surface area contributed by atoms with E-state index in [0.29, 0.717) is 0 Å². The van der Waals surface area contributed by atoms with Crippen molar-refractivity contribution < 1.29 is 4.84 Å². The molecule has 0 aliphatic carbocycles. The van der Waals surface area contributed by atoms with Crippen molar-refractivity contribution in [3.63, 3.8) is 0 Å². The maximum atomic E-state index is 6.14. The Kier molecular flexibility index (Phi) is 4.33. The SMILES string of the molecule is CNOC(c1ccccc1)(c1ccccc1)c1ccccc1. The fourth-order valence-electron chi connectivity index (χ4n) is 2.85. The summed E-state index contributed by atoms with van der Waals surface area (Å²) in [6.07, 6.45) is 0. The zero-order chi connectivity index (χ0) is 15.3. The summed E-state index contributed by atoms with van der Waals surface area (Å²) in [6.45, 7) is 0. The minimum absolute atomic E-state index is 0.682. The van der Waals surface area contributed by atoms with E-state index in [0.717, 1.165) is 16.7 Å². The van der Waals surface area contributed by atoms with Gasteiger partial charge in [0.15, 0.2) is 5.60 Å². The molecular weight excluding hydrogens is 270 g/mol. The molecule has 0 saturated carbocycles. The van der Waals surface area contributed by atoms with Crippen LogP contribution >= 0.6 is 0 Å². The van der Waals surface area contributed by atoms with Crippen LogP contribution in [0.5, 0.6) is 0 Å². The second kappa shape index (κ2) is 6.56. The molecule has 0 amide bonds. The average Bonchev–Trinajstić information content (AvgIpc) is 2.62. The topological polar surface area (TPSA) is 21.3 Å². The molecule has 0 bridgehead atoms. The quantitative estimate of drug-likeness (QED) is 0.563. The van der Waals surface area contributed by atoms with Crippen molar-refractivity contribution in [2.75, 3.05) is 7.05 Å². The molecule has 2 heteroatoms. The molecule has 2 nitrogen and oxygen atoms in total. The van der Waals surface area contributed by atoms with Gasteiger partial charge in [0, 0.05) is 7.05 Å². The normalized spacial score (nSPS) is 11.3. The molecule has 110 valence electrons. The van der Waals surface area contributed by atoms with Crippen LogP contribution in [0, 0.1) is 0 Å². The van der Waals surface area contributed by atoms with Gasteiger partial charge in [-0.15, -0.1) is 0 Å². The van der Waals surface area contributed by atoms with Crippen molar-refractivity contribution in [1.82, 2.24) is 5.48 Å². The first-order valence-corrected chi connectivity index (χ1v) is 7.39. The Labute approximate surface area is 131 Å². The highest BCUT2D eigenvalue weighted by atomic mass is 16.7. The number of benzene rings is 3. The summed E-state index contributed by atoms with van der Waals surface area (Å²) in [5, 5.41) is 0. The highest BCUT2D eigenvalue weighted by Crippen LogP contribution is 2.39. The minimum atomic E-state index is -0.682. The Balaban J connectivity index is 2.29. The van der Waals surface area contributed by atoms with E-state index in [1.165, 1.54) is 0 Å². The molecule has 22 heavy (non-hydrogen) atoms. The highest BCUT2D eigenvalue weighted by Gasteiger charge is 2.37. The summed E-state index contributed by atoms with van der Waals surface area (Å²) in [4.78, 5) is 6.14. The third-order valence-electron chi connectivity index (χ3n) is 3.80. The summed E-state index contributed by atoms with van der Waals surface area (Å²) in [5.74, 6) is 0. The molecule has 0 aliphatic heterocycles. The van der Waals surface area contributed by atoms with Crippen molar-refractivity contribution >= 4 is 0 Å². The van der Waals surface area contributed by atoms with Crippen molar-refractivity contribution in [2.24, 2.45) is 0 Å². The molecule has 1 N–H and O–H groups in total. The zero-order valence-electron chi connectivity index (χ0n) is 12.6. The van der Waals surface area contributed by atoms with E-state index in [1.807, 2.05) is 54.6 Å². The first-order valence-electron chi connectivity index (χ1n) is 7.39. The van der Waals surface area contributed by atoms with E-state index in [9.17, 15) is 0 Å². The van der Waals surface area contributed by atoms with Crippen LogP contribution in [0.25, 0.3) is 0 Å². The second-order valence-electron chi connectivity index (χ2n) is 5.09. The van der Waals surface area contributed by atoms with Crippen LogP contribution in [0.1, 0.15) is 16.7 Å². The molecule has 0 heterocycles. The van der Waals surface area contributed by atoms with Crippen molar-refractivity contribution in [3.05, 3.63) is 108 Å². The number of hydrogen-bond acceptors (Lipinski definition) is 2. The lowest BCUT2D eigenvalue weighted by atomic mass is 9.80. The van der Waals surface area contributed by atoms with E-state index in [1.54, 1.807) is 7.05 Å². The Morgan fingerprint density at radius 2 is 0.909 bits per heavy atom. The molecule has 0 atom stereocenters. The minimum Gasteiger partial charge on any atom is -0.281 e. The van der Waals surface area contributed by atoms with Crippen LogP contribution in [0.2, 0.25) is 0 Å². The predicted octanol–water partition coefficient (Wildman–Crippen LogP) is 4.13. The smallest absolute Gasteiger partial charge is 0.165 e. The van der Waals surface area contributed by atoms with Gasteiger partial charge in [-0.25, -0.2) is 5.48 Å². The molecule has 3 aromatic carbocycles. The van der Waals surface area contributed by atoms with Crippen LogP contribution in [-0.4, -0.2) is 7.05 Å². The number of nitrogens with one attached hydrogen (secondary N) is 1. The summed E-state index contributed by atoms with van der Waals surface area (Å²) in [7, 11) is 1.80. The van der Waals surface area contributed by atoms with Gasteiger partial charge >= 0.3 is 0 Å². The van der Waals surface area contributed by atoms with Crippen molar-refractivity contribution in [3.8, 4) is 0 Å². The van der Waals surface area contributed by atoms with E-state index in [-0.39, 0.29) is 0 Å².